The highest BCUT2D eigenvalue weighted by Gasteiger charge is 2.51. The van der Waals surface area contributed by atoms with E-state index >= 15 is 0 Å². The van der Waals surface area contributed by atoms with E-state index in [1.165, 1.54) is 36.4 Å². The van der Waals surface area contributed by atoms with E-state index in [4.69, 9.17) is 47.4 Å². The first-order chi connectivity index (χ1) is 30.6. The van der Waals surface area contributed by atoms with Gasteiger partial charge in [0.2, 0.25) is 0 Å². The van der Waals surface area contributed by atoms with Gasteiger partial charge in [-0.2, -0.15) is 0 Å². The summed E-state index contributed by atoms with van der Waals surface area (Å²) >= 11 is 0. The van der Waals surface area contributed by atoms with Crippen LogP contribution in [0.2, 0.25) is 0 Å². The molecule has 0 aromatic heterocycles. The predicted molar refractivity (Wildman–Crippen MR) is 227 cm³/mol. The molecule has 2 aliphatic heterocycles. The van der Waals surface area contributed by atoms with Crippen molar-refractivity contribution in [1.29, 1.82) is 0 Å². The van der Waals surface area contributed by atoms with Crippen LogP contribution < -0.4 is 28.4 Å². The summed E-state index contributed by atoms with van der Waals surface area (Å²) in [4.78, 5) is 76.9. The lowest BCUT2D eigenvalue weighted by Gasteiger charge is -2.19. The summed E-state index contributed by atoms with van der Waals surface area (Å²) in [6.45, 7) is 17.2. The van der Waals surface area contributed by atoms with Crippen molar-refractivity contribution >= 4 is 35.8 Å². The molecule has 2 aliphatic rings. The van der Waals surface area contributed by atoms with E-state index in [1.54, 1.807) is 65.8 Å². The van der Waals surface area contributed by atoms with Gasteiger partial charge in [0.25, 0.3) is 0 Å². The molecule has 0 N–H and O–H groups in total. The summed E-state index contributed by atoms with van der Waals surface area (Å²) in [6, 6.07) is 14.7. The van der Waals surface area contributed by atoms with Gasteiger partial charge in [-0.25, -0.2) is 28.8 Å². The third-order valence-electron chi connectivity index (χ3n) is 10.1. The lowest BCUT2D eigenvalue weighted by molar-refractivity contribution is -0.129. The Balaban J connectivity index is 1.07. The van der Waals surface area contributed by atoms with Gasteiger partial charge in [0.05, 0.1) is 37.6 Å². The molecule has 2 fully saturated rings. The Kier molecular flexibility index (Phi) is 14.6. The summed E-state index contributed by atoms with van der Waals surface area (Å²) in [5.74, 6) is -3.18. The average Bonchev–Trinajstić information content (AvgIpc) is 3.85. The standard InChI is InChI=1S/C48H46O16/c1-9-41(49)61-35-19-25(5)33(17-27(35)7)47(53)59-29-13-15-31(37(21-29)55-11-3)45(51)63-39-23-57-44-40(24-58-43(39)44)64-46(52)32-16-14-30(22-38(32)56-12-4)60-48(54)34-18-28(8)36(20-26(34)6)62-42(50)10-2/h9-10,13-22,39-40,43-44H,1-2,11-12,23-24H2,3-8H3/t39-,40+,43-,44-/m1/s1. The van der Waals surface area contributed by atoms with Crippen LogP contribution in [0.1, 0.15) is 77.5 Å². The van der Waals surface area contributed by atoms with Crippen molar-refractivity contribution < 1.29 is 76.1 Å². The zero-order valence-corrected chi connectivity index (χ0v) is 36.0. The van der Waals surface area contributed by atoms with Gasteiger partial charge in [0.1, 0.15) is 57.8 Å². The fraction of sp³-hybridized carbons (Fsp3) is 0.292. The zero-order valence-electron chi connectivity index (χ0n) is 36.0. The number of hydrogen-bond donors (Lipinski definition) is 0. The normalized spacial score (nSPS) is 17.3. The number of ether oxygens (including phenoxy) is 10. The van der Waals surface area contributed by atoms with Crippen molar-refractivity contribution in [2.24, 2.45) is 0 Å². The van der Waals surface area contributed by atoms with E-state index in [1.807, 2.05) is 0 Å². The monoisotopic (exact) mass is 878 g/mol. The van der Waals surface area contributed by atoms with Gasteiger partial charge >= 0.3 is 35.8 Å². The highest BCUT2D eigenvalue weighted by atomic mass is 16.7. The molecule has 64 heavy (non-hydrogen) atoms. The lowest BCUT2D eigenvalue weighted by atomic mass is 10.0. The van der Waals surface area contributed by atoms with Crippen LogP contribution in [0.25, 0.3) is 0 Å². The van der Waals surface area contributed by atoms with Crippen LogP contribution in [-0.2, 0) is 28.5 Å². The number of benzene rings is 4. The Morgan fingerprint density at radius 3 is 1.27 bits per heavy atom. The molecular formula is C48H46O16. The average molecular weight is 879 g/mol. The van der Waals surface area contributed by atoms with Gasteiger partial charge < -0.3 is 47.4 Å². The van der Waals surface area contributed by atoms with Crippen molar-refractivity contribution in [3.05, 3.63) is 130 Å². The molecule has 0 aliphatic carbocycles. The number of carbonyl (C=O) groups excluding carboxylic acids is 6. The SMILES string of the molecule is C=CC(=O)Oc1cc(C)c(C(=O)Oc2ccc(C(=O)O[C@H]3CO[C@H]4[C@@H]3OC[C@H]4OC(=O)c3ccc(OC(=O)c4cc(C)c(OC(=O)C=C)cc4C)cc3OCC)c(OCC)c2)cc1C. The Labute approximate surface area is 368 Å². The van der Waals surface area contributed by atoms with Crippen molar-refractivity contribution in [1.82, 2.24) is 0 Å². The van der Waals surface area contributed by atoms with Crippen LogP contribution in [0.15, 0.2) is 86.0 Å². The van der Waals surface area contributed by atoms with Crippen LogP contribution in [-0.4, -0.2) is 86.7 Å². The molecule has 0 unspecified atom stereocenters. The first kappa shape index (κ1) is 46.2. The quantitative estimate of drug-likeness (QED) is 0.0641. The molecule has 0 spiro atoms. The van der Waals surface area contributed by atoms with E-state index in [-0.39, 0.29) is 83.2 Å². The van der Waals surface area contributed by atoms with Gasteiger partial charge in [-0.05, 0) is 112 Å². The topological polar surface area (TPSA) is 195 Å². The molecular weight excluding hydrogens is 833 g/mol. The minimum atomic E-state index is -0.869. The Hall–Kier alpha value is -7.30. The second kappa shape index (κ2) is 20.3. The fourth-order valence-corrected chi connectivity index (χ4v) is 6.92. The molecule has 16 heteroatoms. The zero-order chi connectivity index (χ0) is 46.2. The number of rotatable bonds is 16. The van der Waals surface area contributed by atoms with Gasteiger partial charge in [-0.3, -0.25) is 0 Å². The van der Waals surface area contributed by atoms with E-state index in [0.717, 1.165) is 12.2 Å². The molecule has 4 aromatic rings. The molecule has 0 saturated carbocycles. The second-order valence-electron chi connectivity index (χ2n) is 14.6. The van der Waals surface area contributed by atoms with Crippen molar-refractivity contribution in [2.75, 3.05) is 26.4 Å². The maximum atomic E-state index is 13.5. The van der Waals surface area contributed by atoms with Crippen LogP contribution >= 0.6 is 0 Å². The van der Waals surface area contributed by atoms with Crippen molar-refractivity contribution in [3.63, 3.8) is 0 Å². The van der Waals surface area contributed by atoms with E-state index < -0.39 is 60.2 Å². The van der Waals surface area contributed by atoms with Crippen LogP contribution in [0.4, 0.5) is 0 Å². The van der Waals surface area contributed by atoms with Gasteiger partial charge in [0, 0.05) is 24.3 Å². The van der Waals surface area contributed by atoms with Gasteiger partial charge in [0.15, 0.2) is 12.2 Å². The Morgan fingerprint density at radius 2 is 0.906 bits per heavy atom. The first-order valence-corrected chi connectivity index (χ1v) is 20.2. The van der Waals surface area contributed by atoms with Crippen LogP contribution in [0.3, 0.4) is 0 Å². The van der Waals surface area contributed by atoms with E-state index in [0.29, 0.717) is 22.3 Å². The second-order valence-corrected chi connectivity index (χ2v) is 14.6. The van der Waals surface area contributed by atoms with Crippen LogP contribution in [0, 0.1) is 27.7 Å². The Morgan fingerprint density at radius 1 is 0.516 bits per heavy atom. The molecule has 0 amide bonds. The molecule has 334 valence electrons. The summed E-state index contributed by atoms with van der Waals surface area (Å²) < 4.78 is 56.7. The van der Waals surface area contributed by atoms with Gasteiger partial charge in [-0.15, -0.1) is 0 Å². The molecule has 4 atom stereocenters. The van der Waals surface area contributed by atoms with Crippen LogP contribution in [0.5, 0.6) is 34.5 Å². The predicted octanol–water partition coefficient (Wildman–Crippen LogP) is 6.89. The summed E-state index contributed by atoms with van der Waals surface area (Å²) in [5, 5.41) is 0. The molecule has 16 nitrogen and oxygen atoms in total. The molecule has 4 aromatic carbocycles. The van der Waals surface area contributed by atoms with Crippen molar-refractivity contribution in [3.8, 4) is 34.5 Å². The number of aryl methyl sites for hydroxylation is 4. The number of carbonyl (C=O) groups is 6. The fourth-order valence-electron chi connectivity index (χ4n) is 6.92. The van der Waals surface area contributed by atoms with Crippen molar-refractivity contribution in [2.45, 2.75) is 66.0 Å². The molecule has 6 rings (SSSR count). The minimum absolute atomic E-state index is 0.0505. The molecule has 0 radical (unpaired) electrons. The number of esters is 6. The summed E-state index contributed by atoms with van der Waals surface area (Å²) in [5.41, 5.74) is 2.65. The Bertz CT molecular complexity index is 2350. The first-order valence-electron chi connectivity index (χ1n) is 20.2. The van der Waals surface area contributed by atoms with E-state index in [9.17, 15) is 28.8 Å². The third-order valence-corrected chi connectivity index (χ3v) is 10.1. The third kappa shape index (κ3) is 10.5. The van der Waals surface area contributed by atoms with Gasteiger partial charge in [-0.1, -0.05) is 13.2 Å². The summed E-state index contributed by atoms with van der Waals surface area (Å²) in [7, 11) is 0. The number of hydrogen-bond acceptors (Lipinski definition) is 16. The minimum Gasteiger partial charge on any atom is -0.493 e. The van der Waals surface area contributed by atoms with E-state index in [2.05, 4.69) is 13.2 Å². The molecule has 2 heterocycles. The molecule has 2 saturated heterocycles. The lowest BCUT2D eigenvalue weighted by Crippen LogP contribution is -2.36. The maximum absolute atomic E-state index is 13.5. The summed E-state index contributed by atoms with van der Waals surface area (Å²) in [6.07, 6.45) is -1.19. The maximum Gasteiger partial charge on any atom is 0.343 e. The number of fused-ring (bicyclic) bond motifs is 1. The highest BCUT2D eigenvalue weighted by molar-refractivity contribution is 5.96. The smallest absolute Gasteiger partial charge is 0.343 e. The molecule has 0 bridgehead atoms. The highest BCUT2D eigenvalue weighted by Crippen LogP contribution is 2.35. The largest absolute Gasteiger partial charge is 0.493 e.